The first-order valence-corrected chi connectivity index (χ1v) is 10.6. The molecule has 2 aromatic carbocycles. The quantitative estimate of drug-likeness (QED) is 0.450. The number of fused-ring (bicyclic) bond motifs is 1. The molecule has 1 amide bonds. The van der Waals surface area contributed by atoms with Crippen molar-refractivity contribution in [2.75, 3.05) is 12.3 Å². The molecule has 4 aromatic rings. The van der Waals surface area contributed by atoms with Gasteiger partial charge in [-0.25, -0.2) is 28.2 Å². The topological polar surface area (TPSA) is 119 Å². The Morgan fingerprint density at radius 1 is 1.15 bits per heavy atom. The van der Waals surface area contributed by atoms with Gasteiger partial charge in [0.2, 0.25) is 0 Å². The highest BCUT2D eigenvalue weighted by molar-refractivity contribution is 5.98. The Hall–Kier alpha value is -4.28. The van der Waals surface area contributed by atoms with Gasteiger partial charge in [0, 0.05) is 12.1 Å². The minimum Gasteiger partial charge on any atom is -0.465 e. The minimum absolute atomic E-state index is 0.226. The molecule has 174 valence electrons. The van der Waals surface area contributed by atoms with E-state index in [4.69, 9.17) is 10.5 Å². The number of hydrogen-bond donors (Lipinski definition) is 2. The van der Waals surface area contributed by atoms with Gasteiger partial charge < -0.3 is 20.5 Å². The van der Waals surface area contributed by atoms with Crippen molar-refractivity contribution in [1.82, 2.24) is 24.6 Å². The maximum atomic E-state index is 13.9. The second-order valence-electron chi connectivity index (χ2n) is 7.94. The van der Waals surface area contributed by atoms with Gasteiger partial charge in [-0.1, -0.05) is 6.07 Å². The predicted octanol–water partition coefficient (Wildman–Crippen LogP) is 4.29. The van der Waals surface area contributed by atoms with Crippen molar-refractivity contribution in [3.8, 4) is 22.8 Å². The van der Waals surface area contributed by atoms with E-state index in [1.807, 2.05) is 0 Å². The summed E-state index contributed by atoms with van der Waals surface area (Å²) in [5, 5.41) is 14.7. The van der Waals surface area contributed by atoms with E-state index in [1.165, 1.54) is 17.3 Å². The van der Waals surface area contributed by atoms with E-state index in [1.54, 1.807) is 28.9 Å². The number of para-hydroxylation sites is 1. The number of rotatable bonds is 5. The fourth-order valence-electron chi connectivity index (χ4n) is 4.22. The van der Waals surface area contributed by atoms with Crippen molar-refractivity contribution >= 4 is 22.9 Å². The molecule has 0 spiro atoms. The summed E-state index contributed by atoms with van der Waals surface area (Å²) in [7, 11) is 0. The lowest BCUT2D eigenvalue weighted by molar-refractivity contribution is 0.135. The van der Waals surface area contributed by atoms with Crippen LogP contribution in [0.3, 0.4) is 0 Å². The average molecular weight is 466 g/mol. The molecular formula is C23H20F2N6O3. The van der Waals surface area contributed by atoms with Gasteiger partial charge >= 0.3 is 6.09 Å². The van der Waals surface area contributed by atoms with Gasteiger partial charge in [0.15, 0.2) is 23.0 Å². The molecule has 5 rings (SSSR count). The van der Waals surface area contributed by atoms with Gasteiger partial charge in [-0.05, 0) is 49.2 Å². The van der Waals surface area contributed by atoms with Crippen LogP contribution in [0, 0.1) is 11.6 Å². The van der Waals surface area contributed by atoms with Crippen molar-refractivity contribution in [2.24, 2.45) is 0 Å². The molecular weight excluding hydrogens is 446 g/mol. The van der Waals surface area contributed by atoms with Crippen LogP contribution in [0.15, 0.2) is 48.8 Å². The summed E-state index contributed by atoms with van der Waals surface area (Å²) < 4.78 is 34.8. The highest BCUT2D eigenvalue weighted by Crippen LogP contribution is 2.33. The summed E-state index contributed by atoms with van der Waals surface area (Å²) in [5.41, 5.74) is 7.80. The third kappa shape index (κ3) is 3.85. The Morgan fingerprint density at radius 2 is 1.88 bits per heavy atom. The van der Waals surface area contributed by atoms with Crippen molar-refractivity contribution in [2.45, 2.75) is 25.4 Å². The predicted molar refractivity (Wildman–Crippen MR) is 119 cm³/mol. The van der Waals surface area contributed by atoms with Crippen LogP contribution in [0.5, 0.6) is 11.5 Å². The van der Waals surface area contributed by atoms with Gasteiger partial charge in [0.05, 0.1) is 18.0 Å². The van der Waals surface area contributed by atoms with Crippen LogP contribution >= 0.6 is 0 Å². The zero-order valence-corrected chi connectivity index (χ0v) is 17.9. The number of benzene rings is 2. The largest absolute Gasteiger partial charge is 0.465 e. The van der Waals surface area contributed by atoms with E-state index in [-0.39, 0.29) is 17.6 Å². The van der Waals surface area contributed by atoms with Gasteiger partial charge in [0.1, 0.15) is 23.6 Å². The number of carbonyl (C=O) groups is 1. The second-order valence-corrected chi connectivity index (χ2v) is 7.94. The molecule has 9 nitrogen and oxygen atoms in total. The first kappa shape index (κ1) is 21.6. The standard InChI is InChI=1S/C23H20F2N6O3/c24-16-4-1-5-17(25)20(16)34-15-8-6-13(7-9-15)19-18-21(26)27-12-28-22(18)31(29-19)11-14-3-2-10-30(14)23(32)33/h1,4-9,12,14H,2-3,10-11H2,(H,32,33)(H2,26,27,28)/t14-/m1/s1. The first-order chi connectivity index (χ1) is 16.4. The summed E-state index contributed by atoms with van der Waals surface area (Å²) in [6.07, 6.45) is 1.88. The number of amides is 1. The number of carboxylic acid groups (broad SMARTS) is 1. The third-order valence-corrected chi connectivity index (χ3v) is 5.83. The lowest BCUT2D eigenvalue weighted by Crippen LogP contribution is -2.37. The lowest BCUT2D eigenvalue weighted by Gasteiger charge is -2.21. The molecule has 3 heterocycles. The Bertz CT molecular complexity index is 1360. The summed E-state index contributed by atoms with van der Waals surface area (Å²) in [5.74, 6) is -1.62. The molecule has 0 bridgehead atoms. The van der Waals surface area contributed by atoms with Crippen LogP contribution in [0.2, 0.25) is 0 Å². The fourth-order valence-corrected chi connectivity index (χ4v) is 4.22. The molecule has 1 atom stereocenters. The highest BCUT2D eigenvalue weighted by atomic mass is 19.1. The smallest absolute Gasteiger partial charge is 0.407 e. The third-order valence-electron chi connectivity index (χ3n) is 5.83. The Labute approximate surface area is 192 Å². The van der Waals surface area contributed by atoms with Crippen LogP contribution < -0.4 is 10.5 Å². The number of nitrogens with zero attached hydrogens (tertiary/aromatic N) is 5. The number of ether oxygens (including phenoxy) is 1. The maximum Gasteiger partial charge on any atom is 0.407 e. The van der Waals surface area contributed by atoms with E-state index in [0.717, 1.165) is 25.0 Å². The van der Waals surface area contributed by atoms with Gasteiger partial charge in [0.25, 0.3) is 0 Å². The molecule has 0 radical (unpaired) electrons. The number of nitrogen functional groups attached to an aromatic ring is 1. The maximum absolute atomic E-state index is 13.9. The zero-order chi connectivity index (χ0) is 23.8. The fraction of sp³-hybridized carbons (Fsp3) is 0.217. The van der Waals surface area contributed by atoms with Crippen LogP contribution in [-0.2, 0) is 6.54 Å². The number of aromatic nitrogens is 4. The van der Waals surface area contributed by atoms with E-state index in [9.17, 15) is 18.7 Å². The molecule has 2 aromatic heterocycles. The van der Waals surface area contributed by atoms with Gasteiger partial charge in [-0.15, -0.1) is 0 Å². The Morgan fingerprint density at radius 3 is 2.59 bits per heavy atom. The van der Waals surface area contributed by atoms with Crippen LogP contribution in [0.4, 0.5) is 19.4 Å². The first-order valence-electron chi connectivity index (χ1n) is 10.6. The molecule has 0 unspecified atom stereocenters. The summed E-state index contributed by atoms with van der Waals surface area (Å²) in [6.45, 7) is 0.806. The Balaban J connectivity index is 1.48. The lowest BCUT2D eigenvalue weighted by atomic mass is 10.1. The van der Waals surface area contributed by atoms with Crippen LogP contribution in [-0.4, -0.2) is 48.4 Å². The number of likely N-dealkylation sites (tertiary alicyclic amines) is 1. The summed E-state index contributed by atoms with van der Waals surface area (Å²) in [4.78, 5) is 21.4. The number of anilines is 1. The molecule has 11 heteroatoms. The summed E-state index contributed by atoms with van der Waals surface area (Å²) in [6, 6.07) is 9.77. The number of nitrogens with two attached hydrogens (primary N) is 1. The molecule has 0 saturated carbocycles. The summed E-state index contributed by atoms with van der Waals surface area (Å²) >= 11 is 0. The SMILES string of the molecule is Nc1ncnc2c1c(-c1ccc(Oc3c(F)cccc3F)cc1)nn2C[C@H]1CCCN1C(=O)O. The average Bonchev–Trinajstić information content (AvgIpc) is 3.43. The minimum atomic E-state index is -0.963. The molecule has 0 aliphatic carbocycles. The van der Waals surface area contributed by atoms with Crippen LogP contribution in [0.25, 0.3) is 22.3 Å². The van der Waals surface area contributed by atoms with Crippen LogP contribution in [0.1, 0.15) is 12.8 Å². The highest BCUT2D eigenvalue weighted by Gasteiger charge is 2.30. The monoisotopic (exact) mass is 466 g/mol. The number of halogens is 2. The van der Waals surface area contributed by atoms with Crippen molar-refractivity contribution in [1.29, 1.82) is 0 Å². The van der Waals surface area contributed by atoms with Crippen molar-refractivity contribution in [3.05, 3.63) is 60.4 Å². The van der Waals surface area contributed by atoms with Gasteiger partial charge in [-0.2, -0.15) is 5.10 Å². The molecule has 1 aliphatic heterocycles. The molecule has 1 aliphatic rings. The zero-order valence-electron chi connectivity index (χ0n) is 17.9. The number of hydrogen-bond acceptors (Lipinski definition) is 6. The molecule has 34 heavy (non-hydrogen) atoms. The second kappa shape index (κ2) is 8.58. The molecule has 1 fully saturated rings. The van der Waals surface area contributed by atoms with Crippen molar-refractivity contribution in [3.63, 3.8) is 0 Å². The van der Waals surface area contributed by atoms with Crippen molar-refractivity contribution < 1.29 is 23.4 Å². The molecule has 3 N–H and O–H groups in total. The van der Waals surface area contributed by atoms with E-state index in [0.29, 0.717) is 35.4 Å². The molecule has 1 saturated heterocycles. The normalized spacial score (nSPS) is 15.7. The van der Waals surface area contributed by atoms with E-state index < -0.39 is 23.5 Å². The van der Waals surface area contributed by atoms with E-state index in [2.05, 4.69) is 15.1 Å². The van der Waals surface area contributed by atoms with E-state index >= 15 is 0 Å². The Kier molecular flexibility index (Phi) is 5.44. The van der Waals surface area contributed by atoms with Gasteiger partial charge in [-0.3, -0.25) is 0 Å².